The molecule has 1 atom stereocenters. The average molecular weight is 438 g/mol. The molecule has 1 aliphatic heterocycles. The monoisotopic (exact) mass is 437 g/mol. The summed E-state index contributed by atoms with van der Waals surface area (Å²) in [5.41, 5.74) is 4.24. The van der Waals surface area contributed by atoms with Crippen molar-refractivity contribution < 1.29 is 9.59 Å². The van der Waals surface area contributed by atoms with Gasteiger partial charge in [-0.3, -0.25) is 14.5 Å². The smallest absolute Gasteiger partial charge is 0.298 e. The summed E-state index contributed by atoms with van der Waals surface area (Å²) in [6.45, 7) is 1.94. The number of aryl methyl sites for hydroxylation is 2. The topological polar surface area (TPSA) is 80.1 Å². The van der Waals surface area contributed by atoms with Gasteiger partial charge in [-0.25, -0.2) is 9.67 Å². The SMILES string of the molecule is Cc1ccccc1NC(=O)C1CCc2ccccc2N1C(=O)c1ncn(-c2ccccc2)n1. The van der Waals surface area contributed by atoms with E-state index in [4.69, 9.17) is 0 Å². The number of carbonyl (C=O) groups is 2. The van der Waals surface area contributed by atoms with Gasteiger partial charge in [0.05, 0.1) is 5.69 Å². The molecule has 0 bridgehead atoms. The number of benzene rings is 3. The molecule has 2 heterocycles. The number of rotatable bonds is 4. The second-order valence-corrected chi connectivity index (χ2v) is 8.01. The number of hydrogen-bond donors (Lipinski definition) is 1. The molecule has 0 saturated heterocycles. The minimum absolute atomic E-state index is 0.0456. The molecule has 1 aliphatic rings. The van der Waals surface area contributed by atoms with Crippen LogP contribution in [0.25, 0.3) is 5.69 Å². The van der Waals surface area contributed by atoms with Crippen LogP contribution in [0.4, 0.5) is 11.4 Å². The average Bonchev–Trinajstić information content (AvgIpc) is 3.35. The van der Waals surface area contributed by atoms with E-state index in [1.807, 2.05) is 85.8 Å². The van der Waals surface area contributed by atoms with Gasteiger partial charge in [0.2, 0.25) is 11.7 Å². The van der Waals surface area contributed by atoms with Crippen molar-refractivity contribution in [3.05, 3.63) is 102 Å². The van der Waals surface area contributed by atoms with E-state index in [0.29, 0.717) is 12.8 Å². The van der Waals surface area contributed by atoms with E-state index in [1.165, 1.54) is 11.2 Å². The highest BCUT2D eigenvalue weighted by Crippen LogP contribution is 2.32. The quantitative estimate of drug-likeness (QED) is 0.520. The number of nitrogens with one attached hydrogen (secondary N) is 1. The lowest BCUT2D eigenvalue weighted by Gasteiger charge is -2.35. The summed E-state index contributed by atoms with van der Waals surface area (Å²) in [4.78, 5) is 32.8. The Balaban J connectivity index is 1.49. The minimum atomic E-state index is -0.671. The number of fused-ring (bicyclic) bond motifs is 1. The van der Waals surface area contributed by atoms with Crippen molar-refractivity contribution >= 4 is 23.2 Å². The van der Waals surface area contributed by atoms with Crippen molar-refractivity contribution in [2.24, 2.45) is 0 Å². The Morgan fingerprint density at radius 2 is 1.67 bits per heavy atom. The summed E-state index contributed by atoms with van der Waals surface area (Å²) in [5, 5.41) is 7.40. The number of para-hydroxylation sites is 3. The van der Waals surface area contributed by atoms with Crippen LogP contribution in [0.1, 0.15) is 28.2 Å². The van der Waals surface area contributed by atoms with Crippen LogP contribution in [-0.4, -0.2) is 32.6 Å². The van der Waals surface area contributed by atoms with Crippen LogP contribution >= 0.6 is 0 Å². The largest absolute Gasteiger partial charge is 0.324 e. The molecule has 0 fully saturated rings. The molecule has 0 radical (unpaired) electrons. The third-order valence-electron chi connectivity index (χ3n) is 5.88. The Morgan fingerprint density at radius 1 is 0.939 bits per heavy atom. The molecule has 3 aromatic carbocycles. The molecular weight excluding hydrogens is 414 g/mol. The first-order valence-corrected chi connectivity index (χ1v) is 10.9. The van der Waals surface area contributed by atoms with Crippen LogP contribution < -0.4 is 10.2 Å². The lowest BCUT2D eigenvalue weighted by atomic mass is 9.94. The Hall–Kier alpha value is -4.26. The summed E-state index contributed by atoms with van der Waals surface area (Å²) >= 11 is 0. The number of hydrogen-bond acceptors (Lipinski definition) is 4. The molecule has 0 spiro atoms. The molecule has 1 aromatic heterocycles. The number of amides is 2. The second-order valence-electron chi connectivity index (χ2n) is 8.01. The zero-order chi connectivity index (χ0) is 22.8. The van der Waals surface area contributed by atoms with Crippen molar-refractivity contribution in [1.82, 2.24) is 14.8 Å². The molecule has 0 aliphatic carbocycles. The number of aromatic nitrogens is 3. The van der Waals surface area contributed by atoms with Gasteiger partial charge in [-0.15, -0.1) is 5.10 Å². The normalized spacial score (nSPS) is 15.1. The molecule has 33 heavy (non-hydrogen) atoms. The van der Waals surface area contributed by atoms with Gasteiger partial charge < -0.3 is 5.32 Å². The highest BCUT2D eigenvalue weighted by Gasteiger charge is 2.37. The Kier molecular flexibility index (Phi) is 5.44. The van der Waals surface area contributed by atoms with Crippen molar-refractivity contribution in [1.29, 1.82) is 0 Å². The van der Waals surface area contributed by atoms with Crippen molar-refractivity contribution in [3.63, 3.8) is 0 Å². The first kappa shape index (κ1) is 20.6. The molecule has 7 heteroatoms. The number of nitrogens with zero attached hydrogens (tertiary/aromatic N) is 4. The molecule has 4 aromatic rings. The Morgan fingerprint density at radius 3 is 2.48 bits per heavy atom. The zero-order valence-corrected chi connectivity index (χ0v) is 18.2. The minimum Gasteiger partial charge on any atom is -0.324 e. The molecule has 7 nitrogen and oxygen atoms in total. The molecule has 5 rings (SSSR count). The van der Waals surface area contributed by atoms with Crippen LogP contribution in [0.15, 0.2) is 85.2 Å². The molecule has 164 valence electrons. The Bertz CT molecular complexity index is 1320. The third-order valence-corrected chi connectivity index (χ3v) is 5.88. The van der Waals surface area contributed by atoms with Crippen molar-refractivity contribution in [3.8, 4) is 5.69 Å². The van der Waals surface area contributed by atoms with E-state index in [9.17, 15) is 9.59 Å². The molecule has 0 saturated carbocycles. The fourth-order valence-corrected chi connectivity index (χ4v) is 4.15. The summed E-state index contributed by atoms with van der Waals surface area (Å²) in [6.07, 6.45) is 2.73. The maximum absolute atomic E-state index is 13.6. The summed E-state index contributed by atoms with van der Waals surface area (Å²) in [7, 11) is 0. The fourth-order valence-electron chi connectivity index (χ4n) is 4.15. The molecule has 2 amide bonds. The van der Waals surface area contributed by atoms with Crippen molar-refractivity contribution in [2.75, 3.05) is 10.2 Å². The predicted molar refractivity (Wildman–Crippen MR) is 127 cm³/mol. The van der Waals surface area contributed by atoms with Crippen molar-refractivity contribution in [2.45, 2.75) is 25.8 Å². The van der Waals surface area contributed by atoms with Gasteiger partial charge in [0.1, 0.15) is 12.4 Å². The molecule has 1 N–H and O–H groups in total. The lowest BCUT2D eigenvalue weighted by Crippen LogP contribution is -2.50. The van der Waals surface area contributed by atoms with E-state index in [1.54, 1.807) is 4.68 Å². The number of anilines is 2. The van der Waals surface area contributed by atoms with Gasteiger partial charge in [-0.1, -0.05) is 54.6 Å². The summed E-state index contributed by atoms with van der Waals surface area (Å²) in [5.74, 6) is -0.583. The zero-order valence-electron chi connectivity index (χ0n) is 18.2. The third kappa shape index (κ3) is 4.01. The van der Waals surface area contributed by atoms with Gasteiger partial charge in [-0.05, 0) is 55.2 Å². The van der Waals surface area contributed by atoms with Gasteiger partial charge in [-0.2, -0.15) is 0 Å². The van der Waals surface area contributed by atoms with E-state index < -0.39 is 11.9 Å². The fraction of sp³-hybridized carbons (Fsp3) is 0.154. The van der Waals surface area contributed by atoms with Gasteiger partial charge in [0.15, 0.2) is 0 Å². The van der Waals surface area contributed by atoms with E-state index in [2.05, 4.69) is 15.4 Å². The maximum Gasteiger partial charge on any atom is 0.298 e. The first-order chi connectivity index (χ1) is 16.1. The van der Waals surface area contributed by atoms with Gasteiger partial charge in [0.25, 0.3) is 5.91 Å². The van der Waals surface area contributed by atoms with Crippen LogP contribution in [0.5, 0.6) is 0 Å². The second kappa shape index (κ2) is 8.70. The molecular formula is C26H23N5O2. The maximum atomic E-state index is 13.6. The summed E-state index contributed by atoms with van der Waals surface area (Å²) in [6, 6.07) is 24.1. The summed E-state index contributed by atoms with van der Waals surface area (Å²) < 4.78 is 1.56. The first-order valence-electron chi connectivity index (χ1n) is 10.9. The van der Waals surface area contributed by atoms with Crippen LogP contribution in [0.3, 0.4) is 0 Å². The highest BCUT2D eigenvalue weighted by molar-refractivity contribution is 6.11. The van der Waals surface area contributed by atoms with Gasteiger partial charge >= 0.3 is 0 Å². The predicted octanol–water partition coefficient (Wildman–Crippen LogP) is 4.18. The van der Waals surface area contributed by atoms with E-state index in [-0.39, 0.29) is 11.7 Å². The van der Waals surface area contributed by atoms with Crippen LogP contribution in [0, 0.1) is 6.92 Å². The highest BCUT2D eigenvalue weighted by atomic mass is 16.2. The van der Waals surface area contributed by atoms with E-state index in [0.717, 1.165) is 28.2 Å². The lowest BCUT2D eigenvalue weighted by molar-refractivity contribution is -0.117. The van der Waals surface area contributed by atoms with Crippen LogP contribution in [-0.2, 0) is 11.2 Å². The molecule has 1 unspecified atom stereocenters. The van der Waals surface area contributed by atoms with Crippen LogP contribution in [0.2, 0.25) is 0 Å². The Labute approximate surface area is 191 Å². The standard InChI is InChI=1S/C26H23N5O2/c1-18-9-5-7-13-21(18)28-25(32)23-16-15-19-10-6-8-14-22(19)31(23)26(33)24-27-17-30(29-24)20-11-3-2-4-12-20/h2-14,17,23H,15-16H2,1H3,(H,28,32). The number of carbonyl (C=O) groups excluding carboxylic acids is 2. The van der Waals surface area contributed by atoms with Gasteiger partial charge in [0, 0.05) is 11.4 Å². The van der Waals surface area contributed by atoms with E-state index >= 15 is 0 Å².